The second-order valence-corrected chi connectivity index (χ2v) is 5.98. The largest absolute Gasteiger partial charge is 0.480 e. The molecule has 0 saturated carbocycles. The molecule has 104 valence electrons. The van der Waals surface area contributed by atoms with Crippen LogP contribution in [0.4, 0.5) is 5.69 Å². The molecular weight excluding hydrogens is 300 g/mol. The lowest BCUT2D eigenvalue weighted by atomic mass is 10.3. The number of carboxylic acid groups (broad SMARTS) is 1. The first-order valence-electron chi connectivity index (χ1n) is 4.78. The molecule has 10 heteroatoms. The van der Waals surface area contributed by atoms with E-state index in [0.29, 0.717) is 4.31 Å². The Bertz CT molecular complexity index is 630. The average molecular weight is 309 g/mol. The predicted molar refractivity (Wildman–Crippen MR) is 65.6 cm³/mol. The first-order chi connectivity index (χ1) is 8.66. The summed E-state index contributed by atoms with van der Waals surface area (Å²) < 4.78 is 24.5. The average Bonchev–Trinajstić information content (AvgIpc) is 2.27. The number of sulfonamides is 1. The van der Waals surface area contributed by atoms with E-state index < -0.39 is 38.0 Å². The third kappa shape index (κ3) is 3.40. The molecule has 0 bridgehead atoms. The maximum absolute atomic E-state index is 12.0. The fraction of sp³-hybridized carbons (Fsp3) is 0.222. The SMILES string of the molecule is CN(CC(=O)O)S(=O)(=O)c1ccc(Cl)c([N+](=O)[O-])c1. The van der Waals surface area contributed by atoms with Crippen LogP contribution in [0.2, 0.25) is 5.02 Å². The molecule has 1 N–H and O–H groups in total. The van der Waals surface area contributed by atoms with Gasteiger partial charge in [-0.05, 0) is 12.1 Å². The van der Waals surface area contributed by atoms with Gasteiger partial charge < -0.3 is 5.11 Å². The van der Waals surface area contributed by atoms with Gasteiger partial charge >= 0.3 is 5.97 Å². The number of likely N-dealkylation sites (N-methyl/N-ethyl adjacent to an activating group) is 1. The van der Waals surface area contributed by atoms with E-state index in [0.717, 1.165) is 25.2 Å². The molecule has 0 aliphatic heterocycles. The summed E-state index contributed by atoms with van der Waals surface area (Å²) in [7, 11) is -3.06. The number of nitro groups is 1. The molecule has 0 heterocycles. The molecule has 0 fully saturated rings. The van der Waals surface area contributed by atoms with Crippen LogP contribution in [0.1, 0.15) is 0 Å². The number of benzene rings is 1. The minimum absolute atomic E-state index is 0.204. The van der Waals surface area contributed by atoms with Crippen molar-refractivity contribution >= 4 is 33.3 Å². The van der Waals surface area contributed by atoms with Crippen LogP contribution in [0.15, 0.2) is 23.1 Å². The van der Waals surface area contributed by atoms with E-state index in [-0.39, 0.29) is 5.02 Å². The van der Waals surface area contributed by atoms with Gasteiger partial charge in [0.25, 0.3) is 5.69 Å². The molecule has 0 atom stereocenters. The molecule has 0 saturated heterocycles. The van der Waals surface area contributed by atoms with Crippen molar-refractivity contribution in [2.45, 2.75) is 4.90 Å². The fourth-order valence-electron chi connectivity index (χ4n) is 1.25. The van der Waals surface area contributed by atoms with E-state index in [1.165, 1.54) is 0 Å². The van der Waals surface area contributed by atoms with Crippen LogP contribution < -0.4 is 0 Å². The van der Waals surface area contributed by atoms with Crippen LogP contribution >= 0.6 is 11.6 Å². The Kier molecular flexibility index (Phi) is 4.45. The summed E-state index contributed by atoms with van der Waals surface area (Å²) >= 11 is 5.56. The van der Waals surface area contributed by atoms with E-state index in [2.05, 4.69) is 0 Å². The van der Waals surface area contributed by atoms with Crippen molar-refractivity contribution < 1.29 is 23.2 Å². The van der Waals surface area contributed by atoms with Gasteiger partial charge in [0, 0.05) is 13.1 Å². The van der Waals surface area contributed by atoms with Crippen molar-refractivity contribution in [1.29, 1.82) is 0 Å². The summed E-state index contributed by atoms with van der Waals surface area (Å²) in [6, 6.07) is 2.93. The Labute approximate surface area is 113 Å². The zero-order valence-electron chi connectivity index (χ0n) is 9.61. The molecule has 0 spiro atoms. The zero-order chi connectivity index (χ0) is 14.8. The molecule has 0 radical (unpaired) electrons. The van der Waals surface area contributed by atoms with E-state index in [9.17, 15) is 23.3 Å². The maximum atomic E-state index is 12.0. The predicted octanol–water partition coefficient (Wildman–Crippen LogP) is 0.953. The van der Waals surface area contributed by atoms with E-state index in [1.807, 2.05) is 0 Å². The number of nitrogens with zero attached hydrogens (tertiary/aromatic N) is 2. The van der Waals surface area contributed by atoms with Crippen molar-refractivity contribution in [3.63, 3.8) is 0 Å². The topological polar surface area (TPSA) is 118 Å². The third-order valence-corrected chi connectivity index (χ3v) is 4.30. The van der Waals surface area contributed by atoms with Gasteiger partial charge in [0.2, 0.25) is 10.0 Å². The highest BCUT2D eigenvalue weighted by atomic mass is 35.5. The molecule has 8 nitrogen and oxygen atoms in total. The van der Waals surface area contributed by atoms with Gasteiger partial charge in [-0.1, -0.05) is 11.6 Å². The van der Waals surface area contributed by atoms with Crippen LogP contribution in [-0.4, -0.2) is 42.3 Å². The van der Waals surface area contributed by atoms with Gasteiger partial charge in [-0.25, -0.2) is 8.42 Å². The van der Waals surface area contributed by atoms with Gasteiger partial charge in [0.15, 0.2) is 0 Å². The molecule has 1 aromatic rings. The smallest absolute Gasteiger partial charge is 0.318 e. The zero-order valence-corrected chi connectivity index (χ0v) is 11.2. The van der Waals surface area contributed by atoms with Crippen LogP contribution in [0, 0.1) is 10.1 Å². The fourth-order valence-corrected chi connectivity index (χ4v) is 2.58. The molecule has 0 aliphatic carbocycles. The van der Waals surface area contributed by atoms with Gasteiger partial charge in [-0.15, -0.1) is 0 Å². The number of aliphatic carboxylic acids is 1. The Morgan fingerprint density at radius 3 is 2.58 bits per heavy atom. The first kappa shape index (κ1) is 15.3. The van der Waals surface area contributed by atoms with Crippen molar-refractivity contribution in [1.82, 2.24) is 4.31 Å². The standard InChI is InChI=1S/C9H9ClN2O6S/c1-11(5-9(13)14)19(17,18)6-2-3-7(10)8(4-6)12(15)16/h2-4H,5H2,1H3,(H,13,14). The lowest BCUT2D eigenvalue weighted by Gasteiger charge is -2.14. The number of carboxylic acids is 1. The van der Waals surface area contributed by atoms with Crippen LogP contribution in [0.25, 0.3) is 0 Å². The quantitative estimate of drug-likeness (QED) is 0.639. The molecule has 19 heavy (non-hydrogen) atoms. The van der Waals surface area contributed by atoms with E-state index in [1.54, 1.807) is 0 Å². The molecule has 0 aliphatic rings. The summed E-state index contributed by atoms with van der Waals surface area (Å²) in [6.07, 6.45) is 0. The van der Waals surface area contributed by atoms with E-state index in [4.69, 9.17) is 16.7 Å². The van der Waals surface area contributed by atoms with Crippen molar-refractivity contribution in [3.8, 4) is 0 Å². The Morgan fingerprint density at radius 2 is 2.11 bits per heavy atom. The molecule has 0 aromatic heterocycles. The Hall–Kier alpha value is -1.71. The summed E-state index contributed by atoms with van der Waals surface area (Å²) in [5.41, 5.74) is -0.563. The molecular formula is C9H9ClN2O6S. The van der Waals surface area contributed by atoms with Gasteiger partial charge in [0.1, 0.15) is 11.6 Å². The van der Waals surface area contributed by atoms with Gasteiger partial charge in [-0.3, -0.25) is 14.9 Å². The van der Waals surface area contributed by atoms with Gasteiger partial charge in [-0.2, -0.15) is 4.31 Å². The highest BCUT2D eigenvalue weighted by Crippen LogP contribution is 2.28. The van der Waals surface area contributed by atoms with Crippen LogP contribution in [-0.2, 0) is 14.8 Å². The first-order valence-corrected chi connectivity index (χ1v) is 6.60. The van der Waals surface area contributed by atoms with Crippen LogP contribution in [0.5, 0.6) is 0 Å². The normalized spacial score (nSPS) is 11.5. The number of nitro benzene ring substituents is 1. The maximum Gasteiger partial charge on any atom is 0.318 e. The number of hydrogen-bond acceptors (Lipinski definition) is 5. The highest BCUT2D eigenvalue weighted by Gasteiger charge is 2.25. The summed E-state index contributed by atoms with van der Waals surface area (Å²) in [5, 5.41) is 19.0. The number of carbonyl (C=O) groups is 1. The lowest BCUT2D eigenvalue weighted by Crippen LogP contribution is -2.32. The highest BCUT2D eigenvalue weighted by molar-refractivity contribution is 7.89. The summed E-state index contributed by atoms with van der Waals surface area (Å²) in [5.74, 6) is -1.34. The summed E-state index contributed by atoms with van der Waals surface area (Å²) in [4.78, 5) is 19.9. The minimum atomic E-state index is -4.12. The lowest BCUT2D eigenvalue weighted by molar-refractivity contribution is -0.384. The molecule has 0 amide bonds. The van der Waals surface area contributed by atoms with E-state index >= 15 is 0 Å². The minimum Gasteiger partial charge on any atom is -0.480 e. The Morgan fingerprint density at radius 1 is 1.53 bits per heavy atom. The second kappa shape index (κ2) is 5.51. The molecule has 0 unspecified atom stereocenters. The number of rotatable bonds is 5. The molecule has 1 aromatic carbocycles. The van der Waals surface area contributed by atoms with Crippen molar-refractivity contribution in [3.05, 3.63) is 33.3 Å². The third-order valence-electron chi connectivity index (χ3n) is 2.18. The monoisotopic (exact) mass is 308 g/mol. The number of hydrogen-bond donors (Lipinski definition) is 1. The van der Waals surface area contributed by atoms with Crippen molar-refractivity contribution in [2.24, 2.45) is 0 Å². The second-order valence-electron chi connectivity index (χ2n) is 3.53. The van der Waals surface area contributed by atoms with Crippen LogP contribution in [0.3, 0.4) is 0 Å². The Balaban J connectivity index is 3.26. The number of halogens is 1. The molecule has 1 rings (SSSR count). The summed E-state index contributed by atoms with van der Waals surface area (Å²) in [6.45, 7) is -0.751. The van der Waals surface area contributed by atoms with Gasteiger partial charge in [0.05, 0.1) is 9.82 Å². The van der Waals surface area contributed by atoms with Crippen molar-refractivity contribution in [2.75, 3.05) is 13.6 Å².